The third kappa shape index (κ3) is 8.72. The second-order valence-electron chi connectivity index (χ2n) is 19.7. The summed E-state index contributed by atoms with van der Waals surface area (Å²) >= 11 is 0. The largest absolute Gasteiger partial charge is 0.493 e. The fraction of sp³-hybridized carbons (Fsp3) is 0.469. The van der Waals surface area contributed by atoms with Crippen molar-refractivity contribution in [3.8, 4) is 11.5 Å². The SMILES string of the molecule is COc1cc2nc(C)nc(N[C@H](C)c3cc(N)cc(C(F)(F)F)c3)c2cc1OCC1(C(=O)C2(N)CCC3(CCC(N)(C(=O)CNc4cccc5c4C(=O)N(C4CCC(=O)NC4=O)C5=O)CC3)C2)CC1. The number of nitrogens with two attached hydrogens (primary N) is 3. The van der Waals surface area contributed by atoms with Crippen molar-refractivity contribution in [1.82, 2.24) is 20.2 Å². The Labute approximate surface area is 394 Å². The normalized spacial score (nSPS) is 25.6. The summed E-state index contributed by atoms with van der Waals surface area (Å²) < 4.78 is 53.0. The van der Waals surface area contributed by atoms with E-state index < -0.39 is 63.9 Å². The maximum atomic E-state index is 14.5. The fourth-order valence-electron chi connectivity index (χ4n) is 10.8. The third-order valence-electron chi connectivity index (χ3n) is 15.0. The number of methoxy groups -OCH3 is 1. The number of rotatable bonds is 14. The van der Waals surface area contributed by atoms with E-state index in [2.05, 4.69) is 25.9 Å². The van der Waals surface area contributed by atoms with Gasteiger partial charge in [0, 0.05) is 29.2 Å². The molecule has 9 N–H and O–H groups in total. The van der Waals surface area contributed by atoms with Crippen molar-refractivity contribution < 1.29 is 51.4 Å². The number of hydrogen-bond donors (Lipinski definition) is 6. The highest BCUT2D eigenvalue weighted by atomic mass is 19.4. The van der Waals surface area contributed by atoms with Gasteiger partial charge in [0.25, 0.3) is 11.8 Å². The molecule has 1 spiro atoms. The molecule has 3 aliphatic carbocycles. The molecular formula is C49H54F3N9O8. The van der Waals surface area contributed by atoms with E-state index in [0.29, 0.717) is 97.4 Å². The number of alkyl halides is 3. The second kappa shape index (κ2) is 17.1. The molecule has 364 valence electrons. The van der Waals surface area contributed by atoms with Crippen molar-refractivity contribution in [3.63, 3.8) is 0 Å². The topological polar surface area (TPSA) is 264 Å². The summed E-state index contributed by atoms with van der Waals surface area (Å²) in [6, 6.07) is 9.63. The second-order valence-corrected chi connectivity index (χ2v) is 19.7. The summed E-state index contributed by atoms with van der Waals surface area (Å²) in [6.45, 7) is 3.20. The zero-order chi connectivity index (χ0) is 49.4. The lowest BCUT2D eigenvalue weighted by molar-refractivity contribution is -0.138. The summed E-state index contributed by atoms with van der Waals surface area (Å²) in [5, 5.41) is 8.95. The third-order valence-corrected chi connectivity index (χ3v) is 15.0. The van der Waals surface area contributed by atoms with Crippen LogP contribution in [0, 0.1) is 17.8 Å². The molecule has 17 nitrogen and oxygen atoms in total. The van der Waals surface area contributed by atoms with Crippen LogP contribution in [0.2, 0.25) is 0 Å². The summed E-state index contributed by atoms with van der Waals surface area (Å²) in [5.41, 5.74) is 16.6. The van der Waals surface area contributed by atoms with Crippen LogP contribution in [0.15, 0.2) is 48.5 Å². The average Bonchev–Trinajstić information content (AvgIpc) is 3.96. The van der Waals surface area contributed by atoms with Crippen LogP contribution in [0.3, 0.4) is 0 Å². The molecule has 4 amide bonds. The number of nitrogen functional groups attached to an aromatic ring is 1. The molecule has 2 aliphatic heterocycles. The Morgan fingerprint density at radius 2 is 1.64 bits per heavy atom. The predicted octanol–water partition coefficient (Wildman–Crippen LogP) is 5.67. The van der Waals surface area contributed by atoms with Gasteiger partial charge in [-0.3, -0.25) is 39.0 Å². The molecule has 2 unspecified atom stereocenters. The Hall–Kier alpha value is -6.67. The molecule has 4 aromatic rings. The van der Waals surface area contributed by atoms with Gasteiger partial charge in [-0.1, -0.05) is 6.07 Å². The molecule has 69 heavy (non-hydrogen) atoms. The van der Waals surface area contributed by atoms with E-state index in [1.807, 2.05) is 0 Å². The van der Waals surface area contributed by atoms with E-state index >= 15 is 0 Å². The summed E-state index contributed by atoms with van der Waals surface area (Å²) in [5.74, 6) is -1.46. The Kier molecular flexibility index (Phi) is 11.7. The van der Waals surface area contributed by atoms with Crippen molar-refractivity contribution in [2.45, 2.75) is 114 Å². The number of fused-ring (bicyclic) bond motifs is 2. The van der Waals surface area contributed by atoms with Crippen LogP contribution in [-0.2, 0) is 25.4 Å². The quantitative estimate of drug-likeness (QED) is 0.0657. The van der Waals surface area contributed by atoms with Crippen LogP contribution < -0.4 is 42.6 Å². The van der Waals surface area contributed by atoms with Crippen LogP contribution in [0.4, 0.5) is 30.4 Å². The number of aromatic nitrogens is 2. The lowest BCUT2D eigenvalue weighted by Gasteiger charge is -2.43. The number of carbonyl (C=O) groups excluding carboxylic acids is 6. The molecule has 20 heteroatoms. The Morgan fingerprint density at radius 3 is 2.30 bits per heavy atom. The highest BCUT2D eigenvalue weighted by Gasteiger charge is 2.61. The lowest BCUT2D eigenvalue weighted by atomic mass is 9.64. The van der Waals surface area contributed by atoms with E-state index in [4.69, 9.17) is 26.7 Å². The number of aryl methyl sites for hydroxylation is 1. The highest BCUT2D eigenvalue weighted by Crippen LogP contribution is 2.58. The molecule has 0 radical (unpaired) electrons. The van der Waals surface area contributed by atoms with Crippen LogP contribution in [-0.4, -0.2) is 87.4 Å². The predicted molar refractivity (Wildman–Crippen MR) is 246 cm³/mol. The Balaban J connectivity index is 0.834. The molecule has 1 saturated heterocycles. The van der Waals surface area contributed by atoms with Gasteiger partial charge < -0.3 is 37.3 Å². The Bertz CT molecular complexity index is 2840. The number of ketones is 2. The van der Waals surface area contributed by atoms with Gasteiger partial charge in [0.1, 0.15) is 24.3 Å². The van der Waals surface area contributed by atoms with Crippen molar-refractivity contribution in [2.75, 3.05) is 36.6 Å². The minimum Gasteiger partial charge on any atom is -0.493 e. The van der Waals surface area contributed by atoms with Crippen molar-refractivity contribution in [1.29, 1.82) is 0 Å². The first-order valence-corrected chi connectivity index (χ1v) is 23.0. The molecule has 3 atom stereocenters. The maximum Gasteiger partial charge on any atom is 0.416 e. The molecule has 5 aliphatic rings. The molecule has 1 aromatic heterocycles. The van der Waals surface area contributed by atoms with Gasteiger partial charge in [0.2, 0.25) is 11.8 Å². The average molecular weight is 954 g/mol. The molecular weight excluding hydrogens is 900 g/mol. The van der Waals surface area contributed by atoms with Crippen molar-refractivity contribution in [3.05, 3.63) is 76.6 Å². The van der Waals surface area contributed by atoms with E-state index in [1.165, 1.54) is 19.2 Å². The zero-order valence-corrected chi connectivity index (χ0v) is 38.4. The first-order chi connectivity index (χ1) is 32.6. The van der Waals surface area contributed by atoms with E-state index in [-0.39, 0.29) is 65.5 Å². The molecule has 3 saturated carbocycles. The first-order valence-electron chi connectivity index (χ1n) is 23.0. The standard InChI is InChI=1S/C49H54F3N9O8/c1-25(27-17-28(49(50,51)52)19-29(53)18-27)57-40-31-20-36(35(68-3)21-33(31)58-26(2)59-40)69-24-46(12-13-46)44(67)48(55)16-11-45(23-48)9-14-47(54,15-10-45)37(62)22-56-32-6-4-5-30-39(32)43(66)61(42(30)65)34-7-8-38(63)60-41(34)64/h4-6,17-21,25,34,56H,7-16,22-24,53-55H2,1-3H3,(H,57,58,59)(H,60,63,64)/t25-,34?,45?,47?,48?/m1/s1. The van der Waals surface area contributed by atoms with Gasteiger partial charge in [-0.2, -0.15) is 13.2 Å². The first kappa shape index (κ1) is 47.4. The van der Waals surface area contributed by atoms with Gasteiger partial charge in [0.15, 0.2) is 23.1 Å². The number of nitrogens with one attached hydrogen (secondary N) is 3. The number of ether oxygens (including phenoxy) is 2. The van der Waals surface area contributed by atoms with E-state index in [1.54, 1.807) is 38.1 Å². The van der Waals surface area contributed by atoms with Crippen LogP contribution >= 0.6 is 0 Å². The van der Waals surface area contributed by atoms with Crippen LogP contribution in [0.25, 0.3) is 10.9 Å². The van der Waals surface area contributed by atoms with E-state index in [9.17, 15) is 41.9 Å². The summed E-state index contributed by atoms with van der Waals surface area (Å²) in [7, 11) is 1.48. The number of hydrogen-bond acceptors (Lipinski definition) is 15. The highest BCUT2D eigenvalue weighted by molar-refractivity contribution is 6.25. The zero-order valence-electron chi connectivity index (χ0n) is 38.4. The van der Waals surface area contributed by atoms with Gasteiger partial charge in [0.05, 0.1) is 58.4 Å². The number of imide groups is 2. The van der Waals surface area contributed by atoms with Crippen LogP contribution in [0.5, 0.6) is 11.5 Å². The van der Waals surface area contributed by atoms with Crippen molar-refractivity contribution >= 4 is 63.3 Å². The Morgan fingerprint density at radius 1 is 0.928 bits per heavy atom. The maximum absolute atomic E-state index is 14.5. The molecule has 3 aromatic carbocycles. The minimum atomic E-state index is -4.58. The number of amides is 4. The van der Waals surface area contributed by atoms with Gasteiger partial charge >= 0.3 is 6.18 Å². The fourth-order valence-corrected chi connectivity index (χ4v) is 10.8. The number of piperidine rings is 1. The van der Waals surface area contributed by atoms with Gasteiger partial charge in [-0.05, 0) is 125 Å². The summed E-state index contributed by atoms with van der Waals surface area (Å²) in [4.78, 5) is 89.5. The number of Topliss-reactive ketones (excluding diaryl/α,β-unsaturated/α-hetero) is 2. The summed E-state index contributed by atoms with van der Waals surface area (Å²) in [6.07, 6.45) is 0.00941. The molecule has 3 heterocycles. The number of anilines is 3. The molecule has 4 fully saturated rings. The smallest absolute Gasteiger partial charge is 0.416 e. The van der Waals surface area contributed by atoms with Crippen molar-refractivity contribution in [2.24, 2.45) is 22.3 Å². The molecule has 0 bridgehead atoms. The van der Waals surface area contributed by atoms with Crippen LogP contribution in [0.1, 0.15) is 121 Å². The van der Waals surface area contributed by atoms with E-state index in [0.717, 1.165) is 17.0 Å². The van der Waals surface area contributed by atoms with Gasteiger partial charge in [-0.25, -0.2) is 9.97 Å². The lowest BCUT2D eigenvalue weighted by Crippen LogP contribution is -2.55. The number of halogens is 3. The number of carbonyl (C=O) groups is 6. The minimum absolute atomic E-state index is 0.0119. The molecule has 9 rings (SSSR count). The monoisotopic (exact) mass is 953 g/mol. The number of nitrogens with zero attached hydrogens (tertiary/aromatic N) is 3. The van der Waals surface area contributed by atoms with Gasteiger partial charge in [-0.15, -0.1) is 0 Å². The number of benzene rings is 3.